The number of hydrogen-bond acceptors (Lipinski definition) is 5. The molecule has 6 nitrogen and oxygen atoms in total. The van der Waals surface area contributed by atoms with Gasteiger partial charge in [0.05, 0.1) is 17.2 Å². The molecule has 1 aromatic heterocycles. The first-order valence-corrected chi connectivity index (χ1v) is 8.86. The Bertz CT molecular complexity index is 638. The molecule has 0 unspecified atom stereocenters. The van der Waals surface area contributed by atoms with E-state index in [0.717, 1.165) is 19.3 Å². The Kier molecular flexibility index (Phi) is 4.09. The smallest absolute Gasteiger partial charge is 0.247 e. The Morgan fingerprint density at radius 1 is 1.38 bits per heavy atom. The molecule has 2 heterocycles. The van der Waals surface area contributed by atoms with Crippen LogP contribution in [-0.2, 0) is 14.8 Å². The van der Waals surface area contributed by atoms with E-state index in [-0.39, 0.29) is 27.9 Å². The summed E-state index contributed by atoms with van der Waals surface area (Å²) >= 11 is 5.88. The van der Waals surface area contributed by atoms with Crippen LogP contribution < -0.4 is 5.73 Å². The van der Waals surface area contributed by atoms with Gasteiger partial charge in [-0.2, -0.15) is 4.31 Å². The Morgan fingerprint density at radius 2 is 2.19 bits per heavy atom. The van der Waals surface area contributed by atoms with Crippen LogP contribution in [0.5, 0.6) is 0 Å². The van der Waals surface area contributed by atoms with Crippen molar-refractivity contribution in [1.82, 2.24) is 9.29 Å². The molecule has 0 bridgehead atoms. The molecule has 1 saturated heterocycles. The van der Waals surface area contributed by atoms with Gasteiger partial charge in [0.25, 0.3) is 0 Å². The predicted octanol–water partition coefficient (Wildman–Crippen LogP) is 1.65. The predicted molar refractivity (Wildman–Crippen MR) is 79.5 cm³/mol. The number of aromatic nitrogens is 1. The van der Waals surface area contributed by atoms with Crippen molar-refractivity contribution in [2.45, 2.75) is 42.7 Å². The van der Waals surface area contributed by atoms with Crippen molar-refractivity contribution in [3.63, 3.8) is 0 Å². The standard InChI is InChI=1S/C13H18ClN3O3S/c14-9-7-12(13(15)16-8-9)21(18,19)17-5-2-6-20-11-4-1-3-10(11)17/h7-8,10-11H,1-6H2,(H2,15,16)/t10-,11-/m1/s1. The highest BCUT2D eigenvalue weighted by molar-refractivity contribution is 7.89. The molecule has 1 aliphatic carbocycles. The number of nitrogen functional groups attached to an aromatic ring is 1. The number of hydrogen-bond donors (Lipinski definition) is 1. The number of sulfonamides is 1. The van der Waals surface area contributed by atoms with Crippen LogP contribution >= 0.6 is 11.6 Å². The number of anilines is 1. The van der Waals surface area contributed by atoms with Gasteiger partial charge in [-0.1, -0.05) is 11.6 Å². The zero-order chi connectivity index (χ0) is 15.0. The van der Waals surface area contributed by atoms with E-state index in [9.17, 15) is 8.42 Å². The molecule has 116 valence electrons. The molecule has 0 spiro atoms. The molecule has 0 radical (unpaired) electrons. The summed E-state index contributed by atoms with van der Waals surface area (Å²) in [5.41, 5.74) is 5.75. The van der Waals surface area contributed by atoms with Crippen molar-refractivity contribution in [1.29, 1.82) is 0 Å². The quantitative estimate of drug-likeness (QED) is 0.890. The summed E-state index contributed by atoms with van der Waals surface area (Å²) in [6.45, 7) is 1.03. The van der Waals surface area contributed by atoms with Gasteiger partial charge in [0.1, 0.15) is 10.7 Å². The van der Waals surface area contributed by atoms with Gasteiger partial charge in [-0.3, -0.25) is 0 Å². The lowest BCUT2D eigenvalue weighted by Crippen LogP contribution is -2.44. The highest BCUT2D eigenvalue weighted by Crippen LogP contribution is 2.34. The lowest BCUT2D eigenvalue weighted by atomic mass is 10.2. The monoisotopic (exact) mass is 331 g/mol. The molecule has 21 heavy (non-hydrogen) atoms. The van der Waals surface area contributed by atoms with E-state index in [1.807, 2.05) is 0 Å². The average Bonchev–Trinajstić information content (AvgIpc) is 2.80. The van der Waals surface area contributed by atoms with Crippen molar-refractivity contribution >= 4 is 27.4 Å². The van der Waals surface area contributed by atoms with Crippen LogP contribution in [0.1, 0.15) is 25.7 Å². The van der Waals surface area contributed by atoms with Gasteiger partial charge in [-0.15, -0.1) is 0 Å². The minimum absolute atomic E-state index is 0.0115. The SMILES string of the molecule is Nc1ncc(Cl)cc1S(=O)(=O)N1CCCO[C@@H]2CCC[C@H]21. The zero-order valence-corrected chi connectivity index (χ0v) is 13.1. The maximum Gasteiger partial charge on any atom is 0.247 e. The summed E-state index contributed by atoms with van der Waals surface area (Å²) in [4.78, 5) is 3.85. The second-order valence-electron chi connectivity index (χ2n) is 5.41. The third-order valence-electron chi connectivity index (χ3n) is 4.08. The molecule has 2 N–H and O–H groups in total. The van der Waals surface area contributed by atoms with Crippen molar-refractivity contribution in [3.8, 4) is 0 Å². The first-order valence-electron chi connectivity index (χ1n) is 7.04. The summed E-state index contributed by atoms with van der Waals surface area (Å²) in [7, 11) is -3.71. The molecule has 2 fully saturated rings. The van der Waals surface area contributed by atoms with E-state index in [1.54, 1.807) is 0 Å². The number of halogens is 1. The van der Waals surface area contributed by atoms with Crippen LogP contribution in [0, 0.1) is 0 Å². The number of rotatable bonds is 2. The van der Waals surface area contributed by atoms with Gasteiger partial charge in [0.15, 0.2) is 0 Å². The van der Waals surface area contributed by atoms with Crippen LogP contribution in [-0.4, -0.2) is 43.0 Å². The van der Waals surface area contributed by atoms with Gasteiger partial charge in [0.2, 0.25) is 10.0 Å². The van der Waals surface area contributed by atoms with E-state index >= 15 is 0 Å². The summed E-state index contributed by atoms with van der Waals surface area (Å²) in [6.07, 6.45) is 4.71. The third kappa shape index (κ3) is 2.75. The second kappa shape index (κ2) is 5.72. The molecular formula is C13H18ClN3O3S. The van der Waals surface area contributed by atoms with Crippen molar-refractivity contribution in [3.05, 3.63) is 17.3 Å². The molecule has 8 heteroatoms. The van der Waals surface area contributed by atoms with E-state index in [1.165, 1.54) is 16.6 Å². The maximum absolute atomic E-state index is 12.9. The molecule has 1 aliphatic heterocycles. The Morgan fingerprint density at radius 3 is 3.00 bits per heavy atom. The number of nitrogens with two attached hydrogens (primary N) is 1. The Labute approximate surface area is 129 Å². The van der Waals surface area contributed by atoms with Crippen molar-refractivity contribution in [2.24, 2.45) is 0 Å². The molecule has 1 saturated carbocycles. The molecular weight excluding hydrogens is 314 g/mol. The highest BCUT2D eigenvalue weighted by Gasteiger charge is 2.41. The minimum Gasteiger partial charge on any atom is -0.383 e. The van der Waals surface area contributed by atoms with E-state index in [4.69, 9.17) is 22.1 Å². The van der Waals surface area contributed by atoms with E-state index in [2.05, 4.69) is 4.98 Å². The van der Waals surface area contributed by atoms with E-state index < -0.39 is 10.0 Å². The first-order chi connectivity index (χ1) is 10.00. The molecule has 2 aliphatic rings. The summed E-state index contributed by atoms with van der Waals surface area (Å²) in [5, 5.41) is 0.261. The molecule has 0 aromatic carbocycles. The lowest BCUT2D eigenvalue weighted by Gasteiger charge is -2.29. The zero-order valence-electron chi connectivity index (χ0n) is 11.5. The van der Waals surface area contributed by atoms with Crippen molar-refractivity contribution in [2.75, 3.05) is 18.9 Å². The van der Waals surface area contributed by atoms with E-state index in [0.29, 0.717) is 19.6 Å². The number of ether oxygens (including phenoxy) is 1. The fraction of sp³-hybridized carbons (Fsp3) is 0.615. The summed E-state index contributed by atoms with van der Waals surface area (Å²) in [6, 6.07) is 1.26. The average molecular weight is 332 g/mol. The molecule has 0 amide bonds. The Balaban J connectivity index is 2.01. The molecule has 3 rings (SSSR count). The molecule has 1 aromatic rings. The summed E-state index contributed by atoms with van der Waals surface area (Å²) in [5.74, 6) is -0.0147. The largest absolute Gasteiger partial charge is 0.383 e. The fourth-order valence-electron chi connectivity index (χ4n) is 3.11. The maximum atomic E-state index is 12.9. The van der Waals surface area contributed by atoms with Crippen LogP contribution in [0.4, 0.5) is 5.82 Å². The number of nitrogens with zero attached hydrogens (tertiary/aromatic N) is 2. The van der Waals surface area contributed by atoms with Crippen LogP contribution in [0.3, 0.4) is 0 Å². The van der Waals surface area contributed by atoms with Crippen LogP contribution in [0.15, 0.2) is 17.2 Å². The normalized spacial score (nSPS) is 27.3. The minimum atomic E-state index is -3.71. The van der Waals surface area contributed by atoms with Crippen LogP contribution in [0.2, 0.25) is 5.02 Å². The summed E-state index contributed by atoms with van der Waals surface area (Å²) < 4.78 is 33.2. The van der Waals surface area contributed by atoms with Gasteiger partial charge in [0, 0.05) is 19.3 Å². The second-order valence-corrected chi connectivity index (χ2v) is 7.71. The topological polar surface area (TPSA) is 85.5 Å². The third-order valence-corrected chi connectivity index (χ3v) is 6.24. The van der Waals surface area contributed by atoms with Gasteiger partial charge >= 0.3 is 0 Å². The van der Waals surface area contributed by atoms with Gasteiger partial charge in [-0.05, 0) is 31.7 Å². The van der Waals surface area contributed by atoms with Gasteiger partial charge < -0.3 is 10.5 Å². The number of pyridine rings is 1. The van der Waals surface area contributed by atoms with Gasteiger partial charge in [-0.25, -0.2) is 13.4 Å². The van der Waals surface area contributed by atoms with Crippen LogP contribution in [0.25, 0.3) is 0 Å². The fourth-order valence-corrected chi connectivity index (χ4v) is 5.15. The first kappa shape index (κ1) is 15.0. The number of fused-ring (bicyclic) bond motifs is 1. The molecule has 2 atom stereocenters. The van der Waals surface area contributed by atoms with Crippen molar-refractivity contribution < 1.29 is 13.2 Å². The Hall–Kier alpha value is -0.890. The lowest BCUT2D eigenvalue weighted by molar-refractivity contribution is 0.0467. The highest BCUT2D eigenvalue weighted by atomic mass is 35.5.